The predicted octanol–water partition coefficient (Wildman–Crippen LogP) is 1.17. The molecule has 126 valence electrons. The standard InChI is InChI=1S/C17H16O7/c1-21-11(18)8-17-10-7-5-4-6-9(10)14(24-17)12(15(19)22-2)13(17)16(20)23-3/h4-7,14H,8H2,1-3H3/t14-,17+/m1/s1. The first-order valence-electron chi connectivity index (χ1n) is 7.25. The van der Waals surface area contributed by atoms with E-state index in [2.05, 4.69) is 0 Å². The topological polar surface area (TPSA) is 88.1 Å². The molecule has 2 aliphatic heterocycles. The number of carbonyl (C=O) groups excluding carboxylic acids is 3. The molecular formula is C17H16O7. The molecule has 7 nitrogen and oxygen atoms in total. The zero-order valence-corrected chi connectivity index (χ0v) is 13.5. The van der Waals surface area contributed by atoms with Crippen LogP contribution in [0.1, 0.15) is 23.7 Å². The van der Waals surface area contributed by atoms with Crippen LogP contribution >= 0.6 is 0 Å². The van der Waals surface area contributed by atoms with Crippen molar-refractivity contribution in [2.75, 3.05) is 21.3 Å². The minimum Gasteiger partial charge on any atom is -0.469 e. The van der Waals surface area contributed by atoms with E-state index >= 15 is 0 Å². The first kappa shape index (κ1) is 16.2. The van der Waals surface area contributed by atoms with E-state index in [0.717, 1.165) is 5.56 Å². The van der Waals surface area contributed by atoms with Crippen LogP contribution in [0.25, 0.3) is 0 Å². The van der Waals surface area contributed by atoms with Crippen molar-refractivity contribution in [3.63, 3.8) is 0 Å². The fraction of sp³-hybridized carbons (Fsp3) is 0.353. The van der Waals surface area contributed by atoms with Crippen molar-refractivity contribution in [2.45, 2.75) is 18.1 Å². The quantitative estimate of drug-likeness (QED) is 0.604. The van der Waals surface area contributed by atoms with Crippen LogP contribution in [0.15, 0.2) is 35.4 Å². The Morgan fingerprint density at radius 3 is 2.33 bits per heavy atom. The molecule has 1 aromatic carbocycles. The molecule has 7 heteroatoms. The monoisotopic (exact) mass is 332 g/mol. The van der Waals surface area contributed by atoms with Gasteiger partial charge in [0.15, 0.2) is 0 Å². The highest BCUT2D eigenvalue weighted by Crippen LogP contribution is 2.59. The predicted molar refractivity (Wildman–Crippen MR) is 79.6 cm³/mol. The van der Waals surface area contributed by atoms with E-state index in [1.165, 1.54) is 21.3 Å². The second kappa shape index (κ2) is 5.76. The van der Waals surface area contributed by atoms with E-state index in [-0.39, 0.29) is 17.6 Å². The molecule has 24 heavy (non-hydrogen) atoms. The van der Waals surface area contributed by atoms with Gasteiger partial charge in [-0.3, -0.25) is 4.79 Å². The van der Waals surface area contributed by atoms with Crippen molar-refractivity contribution >= 4 is 17.9 Å². The number of rotatable bonds is 4. The molecule has 3 rings (SSSR count). The second-order valence-electron chi connectivity index (χ2n) is 5.44. The molecule has 2 aliphatic rings. The fourth-order valence-corrected chi connectivity index (χ4v) is 3.37. The molecule has 0 spiro atoms. The maximum atomic E-state index is 12.4. The number of carbonyl (C=O) groups is 3. The lowest BCUT2D eigenvalue weighted by molar-refractivity contribution is -0.148. The molecule has 1 aromatic rings. The van der Waals surface area contributed by atoms with Gasteiger partial charge in [-0.25, -0.2) is 9.59 Å². The van der Waals surface area contributed by atoms with Gasteiger partial charge in [-0.2, -0.15) is 0 Å². The Labute approximate surface area is 138 Å². The number of esters is 3. The number of methoxy groups -OCH3 is 3. The van der Waals surface area contributed by atoms with Crippen LogP contribution in [0.4, 0.5) is 0 Å². The van der Waals surface area contributed by atoms with Gasteiger partial charge in [-0.15, -0.1) is 0 Å². The molecule has 0 N–H and O–H groups in total. The van der Waals surface area contributed by atoms with Gasteiger partial charge < -0.3 is 18.9 Å². The van der Waals surface area contributed by atoms with Gasteiger partial charge in [0.1, 0.15) is 11.7 Å². The van der Waals surface area contributed by atoms with Gasteiger partial charge in [0, 0.05) is 0 Å². The third-order valence-electron chi connectivity index (χ3n) is 4.35. The maximum absolute atomic E-state index is 12.4. The Bertz CT molecular complexity index is 764. The van der Waals surface area contributed by atoms with Crippen LogP contribution in [0.5, 0.6) is 0 Å². The van der Waals surface area contributed by atoms with Gasteiger partial charge >= 0.3 is 17.9 Å². The van der Waals surface area contributed by atoms with Crippen LogP contribution in [-0.4, -0.2) is 39.2 Å². The number of hydrogen-bond donors (Lipinski definition) is 0. The summed E-state index contributed by atoms with van der Waals surface area (Å²) < 4.78 is 20.4. The first-order chi connectivity index (χ1) is 11.5. The lowest BCUT2D eigenvalue weighted by atomic mass is 9.75. The van der Waals surface area contributed by atoms with Gasteiger partial charge in [0.2, 0.25) is 0 Å². The van der Waals surface area contributed by atoms with Crippen LogP contribution in [-0.2, 0) is 38.9 Å². The highest BCUT2D eigenvalue weighted by Gasteiger charge is 2.61. The average molecular weight is 332 g/mol. The summed E-state index contributed by atoms with van der Waals surface area (Å²) >= 11 is 0. The van der Waals surface area contributed by atoms with Gasteiger partial charge in [0.05, 0.1) is 38.9 Å². The van der Waals surface area contributed by atoms with Crippen molar-refractivity contribution in [3.05, 3.63) is 46.5 Å². The molecule has 2 atom stereocenters. The second-order valence-corrected chi connectivity index (χ2v) is 5.44. The Hall–Kier alpha value is -2.67. The van der Waals surface area contributed by atoms with Crippen molar-refractivity contribution in [1.82, 2.24) is 0 Å². The molecule has 0 amide bonds. The van der Waals surface area contributed by atoms with E-state index in [4.69, 9.17) is 18.9 Å². The molecule has 0 radical (unpaired) electrons. The zero-order chi connectivity index (χ0) is 17.5. The Balaban J connectivity index is 2.26. The molecule has 0 aromatic heterocycles. The van der Waals surface area contributed by atoms with E-state index in [1.807, 2.05) is 0 Å². The third-order valence-corrected chi connectivity index (χ3v) is 4.35. The number of ether oxygens (including phenoxy) is 4. The van der Waals surface area contributed by atoms with Crippen molar-refractivity contribution in [1.29, 1.82) is 0 Å². The number of hydrogen-bond acceptors (Lipinski definition) is 7. The largest absolute Gasteiger partial charge is 0.469 e. The summed E-state index contributed by atoms with van der Waals surface area (Å²) in [6, 6.07) is 7.11. The summed E-state index contributed by atoms with van der Waals surface area (Å²) in [7, 11) is 3.66. The Kier molecular flexibility index (Phi) is 3.88. The molecule has 2 bridgehead atoms. The van der Waals surface area contributed by atoms with Crippen LogP contribution in [0.3, 0.4) is 0 Å². The molecule has 2 heterocycles. The molecule has 0 unspecified atom stereocenters. The molecule has 0 saturated carbocycles. The van der Waals surface area contributed by atoms with Gasteiger partial charge in [-0.05, 0) is 11.1 Å². The zero-order valence-electron chi connectivity index (χ0n) is 13.5. The molecular weight excluding hydrogens is 316 g/mol. The van der Waals surface area contributed by atoms with Crippen molar-refractivity contribution in [3.8, 4) is 0 Å². The minimum atomic E-state index is -1.41. The maximum Gasteiger partial charge on any atom is 0.337 e. The minimum absolute atomic E-state index is 0.00838. The lowest BCUT2D eigenvalue weighted by Gasteiger charge is -2.28. The highest BCUT2D eigenvalue weighted by molar-refractivity contribution is 6.05. The summed E-state index contributed by atoms with van der Waals surface area (Å²) in [5.74, 6) is -2.00. The number of fused-ring (bicyclic) bond motifs is 5. The normalized spacial score (nSPS) is 23.7. The summed E-state index contributed by atoms with van der Waals surface area (Å²) in [6.07, 6.45) is -1.03. The smallest absolute Gasteiger partial charge is 0.337 e. The van der Waals surface area contributed by atoms with E-state index < -0.39 is 29.6 Å². The highest BCUT2D eigenvalue weighted by atomic mass is 16.6. The Morgan fingerprint density at radius 2 is 1.71 bits per heavy atom. The number of benzene rings is 1. The van der Waals surface area contributed by atoms with Crippen LogP contribution in [0.2, 0.25) is 0 Å². The van der Waals surface area contributed by atoms with Crippen LogP contribution in [0, 0.1) is 0 Å². The van der Waals surface area contributed by atoms with E-state index in [0.29, 0.717) is 5.56 Å². The average Bonchev–Trinajstić information content (AvgIpc) is 3.11. The Morgan fingerprint density at radius 1 is 1.04 bits per heavy atom. The molecule has 0 fully saturated rings. The molecule has 0 saturated heterocycles. The first-order valence-corrected chi connectivity index (χ1v) is 7.25. The van der Waals surface area contributed by atoms with Gasteiger partial charge in [-0.1, -0.05) is 24.3 Å². The lowest BCUT2D eigenvalue weighted by Crippen LogP contribution is -2.35. The summed E-state index contributed by atoms with van der Waals surface area (Å²) in [6.45, 7) is 0. The molecule has 0 aliphatic carbocycles. The fourth-order valence-electron chi connectivity index (χ4n) is 3.37. The van der Waals surface area contributed by atoms with E-state index in [9.17, 15) is 14.4 Å². The summed E-state index contributed by atoms with van der Waals surface area (Å²) in [5, 5.41) is 0. The summed E-state index contributed by atoms with van der Waals surface area (Å²) in [4.78, 5) is 36.6. The van der Waals surface area contributed by atoms with Crippen LogP contribution < -0.4 is 0 Å². The van der Waals surface area contributed by atoms with Gasteiger partial charge in [0.25, 0.3) is 0 Å². The van der Waals surface area contributed by atoms with Crippen molar-refractivity contribution < 1.29 is 33.3 Å². The third kappa shape index (κ3) is 2.05. The van der Waals surface area contributed by atoms with Crippen molar-refractivity contribution in [2.24, 2.45) is 0 Å². The van der Waals surface area contributed by atoms with E-state index in [1.54, 1.807) is 24.3 Å². The summed E-state index contributed by atoms with van der Waals surface area (Å²) in [5.41, 5.74) is 0.00568. The SMILES string of the molecule is COC(=O)C[C@@]12O[C@@H](C(C(=O)OC)=C1C(=O)OC)c1ccccc12.